The monoisotopic (exact) mass is 213 g/mol. The molecule has 16 heavy (non-hydrogen) atoms. The lowest BCUT2D eigenvalue weighted by molar-refractivity contribution is 0.572. The zero-order chi connectivity index (χ0) is 11.8. The minimum Gasteiger partial charge on any atom is -0.326 e. The molecule has 1 saturated heterocycles. The predicted octanol–water partition coefficient (Wildman–Crippen LogP) is 2.20. The van der Waals surface area contributed by atoms with Crippen LogP contribution in [0.1, 0.15) is 18.0 Å². The highest BCUT2D eigenvalue weighted by molar-refractivity contribution is 5.83. The van der Waals surface area contributed by atoms with Crippen molar-refractivity contribution in [2.75, 3.05) is 6.54 Å². The van der Waals surface area contributed by atoms with Crippen molar-refractivity contribution in [3.8, 4) is 0 Å². The second kappa shape index (κ2) is 3.89. The van der Waals surface area contributed by atoms with Crippen molar-refractivity contribution < 1.29 is 1.41 Å². The van der Waals surface area contributed by atoms with Crippen molar-refractivity contribution >= 4 is 10.8 Å². The summed E-state index contributed by atoms with van der Waals surface area (Å²) in [7, 11) is 0. The van der Waals surface area contributed by atoms with Crippen LogP contribution in [-0.4, -0.2) is 12.6 Å². The number of rotatable bonds is 1. The molecule has 2 aromatic carbocycles. The van der Waals surface area contributed by atoms with Crippen molar-refractivity contribution in [2.45, 2.75) is 18.5 Å². The second-order valence-electron chi connectivity index (χ2n) is 4.41. The Morgan fingerprint density at radius 2 is 2.00 bits per heavy atom. The first kappa shape index (κ1) is 8.74. The van der Waals surface area contributed by atoms with E-state index in [4.69, 9.17) is 7.15 Å². The van der Waals surface area contributed by atoms with Crippen LogP contribution in [0.4, 0.5) is 0 Å². The molecule has 1 aliphatic rings. The molecule has 1 aliphatic heterocycles. The van der Waals surface area contributed by atoms with E-state index in [2.05, 4.69) is 30.3 Å². The normalized spacial score (nSPS) is 27.2. The Morgan fingerprint density at radius 1 is 1.19 bits per heavy atom. The van der Waals surface area contributed by atoms with Gasteiger partial charge in [0.15, 0.2) is 0 Å². The van der Waals surface area contributed by atoms with Gasteiger partial charge in [0.25, 0.3) is 0 Å². The van der Waals surface area contributed by atoms with E-state index in [1.807, 2.05) is 12.1 Å². The highest BCUT2D eigenvalue weighted by atomic mass is 15.0. The SMILES string of the molecule is [2H]N1CCC(N)[C@H]1c1ccc2ccccc2c1. The van der Waals surface area contributed by atoms with E-state index >= 15 is 0 Å². The standard InChI is InChI=1S/C14H16N2/c15-13-7-8-16-14(13)12-6-5-10-3-1-2-4-11(10)9-12/h1-6,9,13-14,16H,7-8,15H2/t13?,14-/m1/s1/i/hD. The van der Waals surface area contributed by atoms with Crippen LogP contribution in [0.3, 0.4) is 0 Å². The largest absolute Gasteiger partial charge is 0.326 e. The molecule has 0 aromatic heterocycles. The number of hydrogen-bond donors (Lipinski definition) is 2. The Labute approximate surface area is 96.9 Å². The predicted molar refractivity (Wildman–Crippen MR) is 67.3 cm³/mol. The van der Waals surface area contributed by atoms with Crippen LogP contribution in [0, 0.1) is 0 Å². The lowest BCUT2D eigenvalue weighted by atomic mass is 9.98. The molecule has 3 N–H and O–H groups in total. The van der Waals surface area contributed by atoms with Gasteiger partial charge in [0.1, 0.15) is 1.41 Å². The quantitative estimate of drug-likeness (QED) is 0.762. The molecular formula is C14H16N2. The lowest BCUT2D eigenvalue weighted by Crippen LogP contribution is -2.28. The van der Waals surface area contributed by atoms with E-state index in [0.29, 0.717) is 0 Å². The zero-order valence-corrected chi connectivity index (χ0v) is 9.13. The Balaban J connectivity index is 2.05. The smallest absolute Gasteiger partial charge is 0.123 e. The fourth-order valence-electron chi connectivity index (χ4n) is 2.40. The van der Waals surface area contributed by atoms with Gasteiger partial charge in [-0.25, -0.2) is 0 Å². The van der Waals surface area contributed by atoms with Crippen LogP contribution in [0.2, 0.25) is 1.41 Å². The van der Waals surface area contributed by atoms with E-state index in [9.17, 15) is 0 Å². The number of hydrogen-bond acceptors (Lipinski definition) is 2. The summed E-state index contributed by atoms with van der Waals surface area (Å²) in [5.41, 5.74) is 7.24. The number of nitrogens with two attached hydrogens (primary N) is 1. The molecule has 2 aromatic rings. The first-order valence-electron chi connectivity index (χ1n) is 6.20. The maximum atomic E-state index is 7.92. The van der Waals surface area contributed by atoms with Gasteiger partial charge < -0.3 is 11.0 Å². The van der Waals surface area contributed by atoms with Crippen LogP contribution in [0.25, 0.3) is 10.8 Å². The fourth-order valence-corrected chi connectivity index (χ4v) is 2.40. The van der Waals surface area contributed by atoms with Crippen LogP contribution in [-0.2, 0) is 0 Å². The average molecular weight is 213 g/mol. The number of benzene rings is 2. The zero-order valence-electron chi connectivity index (χ0n) is 10.1. The van der Waals surface area contributed by atoms with Crippen LogP contribution in [0.15, 0.2) is 42.5 Å². The summed E-state index contributed by atoms with van der Waals surface area (Å²) in [5, 5.41) is 4.06. The van der Waals surface area contributed by atoms with Crippen LogP contribution < -0.4 is 11.0 Å². The maximum absolute atomic E-state index is 7.92. The van der Waals surface area contributed by atoms with E-state index in [-0.39, 0.29) is 12.1 Å². The summed E-state index contributed by atoms with van der Waals surface area (Å²) in [6.07, 6.45) is 0.904. The topological polar surface area (TPSA) is 38.0 Å². The van der Waals surface area contributed by atoms with Crippen molar-refractivity contribution in [1.82, 2.24) is 5.31 Å². The van der Waals surface area contributed by atoms with Gasteiger partial charge in [0, 0.05) is 12.1 Å². The minimum atomic E-state index is 0.0413. The minimum absolute atomic E-state index is 0.0413. The van der Waals surface area contributed by atoms with Gasteiger partial charge in [0.05, 0.1) is 0 Å². The summed E-state index contributed by atoms with van der Waals surface area (Å²) >= 11 is 0. The summed E-state index contributed by atoms with van der Waals surface area (Å²) in [6.45, 7) is 0.763. The van der Waals surface area contributed by atoms with Crippen molar-refractivity contribution in [1.29, 1.82) is 0 Å². The fraction of sp³-hybridized carbons (Fsp3) is 0.286. The molecule has 0 spiro atoms. The van der Waals surface area contributed by atoms with E-state index in [0.717, 1.165) is 18.5 Å². The molecule has 1 unspecified atom stereocenters. The Morgan fingerprint density at radius 3 is 2.75 bits per heavy atom. The van der Waals surface area contributed by atoms with Crippen LogP contribution in [0.5, 0.6) is 0 Å². The first-order valence-corrected chi connectivity index (χ1v) is 5.75. The van der Waals surface area contributed by atoms with Gasteiger partial charge in [-0.3, -0.25) is 0 Å². The van der Waals surface area contributed by atoms with Gasteiger partial charge in [-0.15, -0.1) is 0 Å². The first-order chi connectivity index (χ1) is 8.25. The highest BCUT2D eigenvalue weighted by Crippen LogP contribution is 2.25. The van der Waals surface area contributed by atoms with E-state index in [1.165, 1.54) is 10.8 Å². The molecule has 0 amide bonds. The molecule has 0 radical (unpaired) electrons. The van der Waals surface area contributed by atoms with Crippen molar-refractivity contribution in [2.24, 2.45) is 5.73 Å². The third kappa shape index (κ3) is 1.60. The third-order valence-corrected chi connectivity index (χ3v) is 3.31. The average Bonchev–Trinajstić information content (AvgIpc) is 2.68. The van der Waals surface area contributed by atoms with Crippen molar-refractivity contribution in [3.63, 3.8) is 0 Å². The lowest BCUT2D eigenvalue weighted by Gasteiger charge is -2.16. The van der Waals surface area contributed by atoms with E-state index < -0.39 is 0 Å². The summed E-state index contributed by atoms with van der Waals surface area (Å²) in [5.74, 6) is 0. The van der Waals surface area contributed by atoms with Crippen LogP contribution >= 0.6 is 0 Å². The molecule has 1 fully saturated rings. The van der Waals surface area contributed by atoms with E-state index in [1.54, 1.807) is 5.31 Å². The molecule has 3 rings (SSSR count). The highest BCUT2D eigenvalue weighted by Gasteiger charge is 2.24. The third-order valence-electron chi connectivity index (χ3n) is 3.31. The Kier molecular flexibility index (Phi) is 2.12. The molecule has 0 saturated carbocycles. The molecule has 2 heteroatoms. The Hall–Kier alpha value is -1.38. The Bertz CT molecular complexity index is 530. The van der Waals surface area contributed by atoms with Gasteiger partial charge in [-0.1, -0.05) is 36.4 Å². The molecule has 0 aliphatic carbocycles. The molecule has 0 bridgehead atoms. The van der Waals surface area contributed by atoms with Gasteiger partial charge in [0.2, 0.25) is 0 Å². The van der Waals surface area contributed by atoms with Crippen molar-refractivity contribution in [3.05, 3.63) is 48.0 Å². The van der Waals surface area contributed by atoms with Gasteiger partial charge in [-0.2, -0.15) is 0 Å². The molecular weight excluding hydrogens is 196 g/mol. The molecule has 1 heterocycles. The molecule has 82 valence electrons. The number of nitrogens with one attached hydrogen (secondary N) is 1. The van der Waals surface area contributed by atoms with Gasteiger partial charge >= 0.3 is 0 Å². The van der Waals surface area contributed by atoms with Gasteiger partial charge in [-0.05, 0) is 35.4 Å². The summed E-state index contributed by atoms with van der Waals surface area (Å²) in [4.78, 5) is 0. The second-order valence-corrected chi connectivity index (χ2v) is 4.41. The summed E-state index contributed by atoms with van der Waals surface area (Å²) < 4.78 is 7.92. The molecule has 2 nitrogen and oxygen atoms in total. The number of fused-ring (bicyclic) bond motifs is 1. The maximum Gasteiger partial charge on any atom is 0.123 e. The molecule has 2 atom stereocenters. The summed E-state index contributed by atoms with van der Waals surface area (Å²) in [6, 6.07) is 14.8.